The molecule has 0 radical (unpaired) electrons. The number of hydrogen-bond donors (Lipinski definition) is 3. The van der Waals surface area contributed by atoms with Crippen LogP contribution in [0.4, 0.5) is 0 Å². The van der Waals surface area contributed by atoms with Gasteiger partial charge in [0.15, 0.2) is 5.03 Å². The van der Waals surface area contributed by atoms with Gasteiger partial charge in [0.25, 0.3) is 5.96 Å². The number of benzene rings is 1. The van der Waals surface area contributed by atoms with Crippen LogP contribution in [0.15, 0.2) is 18.2 Å². The Kier molecular flexibility index (Phi) is 4.33. The van der Waals surface area contributed by atoms with Gasteiger partial charge in [0.1, 0.15) is 0 Å². The molecule has 1 aromatic carbocycles. The topological polar surface area (TPSA) is 91.1 Å². The summed E-state index contributed by atoms with van der Waals surface area (Å²) in [7, 11) is 0. The zero-order valence-electron chi connectivity index (χ0n) is 7.96. The highest BCUT2D eigenvalue weighted by Crippen LogP contribution is 2.20. The van der Waals surface area contributed by atoms with Gasteiger partial charge in [-0.1, -0.05) is 34.7 Å². The Bertz CT molecular complexity index is 424. The van der Waals surface area contributed by atoms with Crippen molar-refractivity contribution in [3.8, 4) is 0 Å². The summed E-state index contributed by atoms with van der Waals surface area (Å²) in [5.41, 5.74) is 2.36. The maximum absolute atomic E-state index is 10.0. The molecule has 0 aliphatic carbocycles. The maximum Gasteiger partial charge on any atom is 0.251 e. The summed E-state index contributed by atoms with van der Waals surface area (Å²) in [6.07, 6.45) is 0. The predicted molar refractivity (Wildman–Crippen MR) is 61.2 cm³/mol. The van der Waals surface area contributed by atoms with E-state index in [1.54, 1.807) is 23.6 Å². The molecule has 0 saturated heterocycles. The fourth-order valence-corrected chi connectivity index (χ4v) is 1.45. The Hall–Kier alpha value is -1.53. The van der Waals surface area contributed by atoms with Crippen LogP contribution in [-0.2, 0) is 6.54 Å². The number of guanidine groups is 1. The molecule has 3 N–H and O–H groups in total. The minimum atomic E-state index is -0.821. The third-order valence-electron chi connectivity index (χ3n) is 1.67. The Balaban J connectivity index is 2.54. The third-order valence-corrected chi connectivity index (χ3v) is 2.26. The van der Waals surface area contributed by atoms with Crippen LogP contribution in [0.25, 0.3) is 0 Å². The summed E-state index contributed by atoms with van der Waals surface area (Å²) in [6.45, 7) is 0.204. The monoisotopic (exact) mass is 262 g/mol. The molecule has 16 heavy (non-hydrogen) atoms. The summed E-state index contributed by atoms with van der Waals surface area (Å²) in [4.78, 5) is 10.0. The van der Waals surface area contributed by atoms with Gasteiger partial charge in [0.05, 0.1) is 0 Å². The van der Waals surface area contributed by atoms with Crippen LogP contribution in [0.5, 0.6) is 0 Å². The standard InChI is InChI=1S/C8H8Cl2N4O2/c9-6-2-1-5(7(10)3-6)4-12-8(11)13-14(15)16/h1-3H,4H2,(H3,11,12,13). The van der Waals surface area contributed by atoms with E-state index in [2.05, 4.69) is 5.32 Å². The Morgan fingerprint density at radius 2 is 2.19 bits per heavy atom. The van der Waals surface area contributed by atoms with E-state index in [0.717, 1.165) is 0 Å². The van der Waals surface area contributed by atoms with Crippen molar-refractivity contribution >= 4 is 29.2 Å². The molecular formula is C8H8Cl2N4O2. The molecule has 0 spiro atoms. The number of hydrogen-bond acceptors (Lipinski definition) is 3. The van der Waals surface area contributed by atoms with Crippen molar-refractivity contribution in [2.45, 2.75) is 6.54 Å². The van der Waals surface area contributed by atoms with Crippen molar-refractivity contribution < 1.29 is 5.03 Å². The van der Waals surface area contributed by atoms with E-state index >= 15 is 0 Å². The van der Waals surface area contributed by atoms with Crippen LogP contribution in [0.2, 0.25) is 10.0 Å². The molecule has 0 bridgehead atoms. The van der Waals surface area contributed by atoms with E-state index in [1.807, 2.05) is 0 Å². The zero-order chi connectivity index (χ0) is 12.1. The highest BCUT2D eigenvalue weighted by molar-refractivity contribution is 6.35. The summed E-state index contributed by atoms with van der Waals surface area (Å²) in [6, 6.07) is 4.89. The smallest absolute Gasteiger partial charge is 0.251 e. The summed E-state index contributed by atoms with van der Waals surface area (Å²) in [5.74, 6) is -0.406. The molecule has 0 aliphatic heterocycles. The lowest BCUT2D eigenvalue weighted by molar-refractivity contribution is -0.525. The van der Waals surface area contributed by atoms with E-state index in [1.165, 1.54) is 0 Å². The van der Waals surface area contributed by atoms with Gasteiger partial charge in [-0.25, -0.2) is 10.1 Å². The van der Waals surface area contributed by atoms with Gasteiger partial charge in [-0.05, 0) is 17.7 Å². The zero-order valence-corrected chi connectivity index (χ0v) is 9.47. The second-order valence-electron chi connectivity index (χ2n) is 2.83. The largest absolute Gasteiger partial charge is 0.348 e. The lowest BCUT2D eigenvalue weighted by Crippen LogP contribution is -2.39. The lowest BCUT2D eigenvalue weighted by Gasteiger charge is -2.06. The molecular weight excluding hydrogens is 255 g/mol. The number of nitrogens with one attached hydrogen (secondary N) is 3. The molecule has 0 atom stereocenters. The van der Waals surface area contributed by atoms with Gasteiger partial charge < -0.3 is 5.32 Å². The van der Waals surface area contributed by atoms with Gasteiger partial charge in [-0.3, -0.25) is 5.41 Å². The second kappa shape index (κ2) is 5.53. The van der Waals surface area contributed by atoms with Gasteiger partial charge in [-0.2, -0.15) is 0 Å². The quantitative estimate of drug-likeness (QED) is 0.335. The average Bonchev–Trinajstić information content (AvgIpc) is 2.15. The number of rotatable bonds is 3. The van der Waals surface area contributed by atoms with E-state index in [9.17, 15) is 10.1 Å². The molecule has 0 aliphatic rings. The summed E-state index contributed by atoms with van der Waals surface area (Å²) in [5, 5.41) is 19.8. The predicted octanol–water partition coefficient (Wildman–Crippen LogP) is 1.80. The second-order valence-corrected chi connectivity index (χ2v) is 3.68. The van der Waals surface area contributed by atoms with Crippen molar-refractivity contribution in [2.75, 3.05) is 0 Å². The van der Waals surface area contributed by atoms with Crippen LogP contribution in [0.1, 0.15) is 5.56 Å². The first-order valence-electron chi connectivity index (χ1n) is 4.16. The molecule has 0 fully saturated rings. The number of nitro groups is 1. The molecule has 0 aromatic heterocycles. The highest BCUT2D eigenvalue weighted by atomic mass is 35.5. The first-order chi connectivity index (χ1) is 7.49. The number of nitrogens with zero attached hydrogens (tertiary/aromatic N) is 1. The molecule has 8 heteroatoms. The molecule has 1 aromatic rings. The lowest BCUT2D eigenvalue weighted by atomic mass is 10.2. The minimum Gasteiger partial charge on any atom is -0.348 e. The Labute approximate surface area is 101 Å². The summed E-state index contributed by atoms with van der Waals surface area (Å²) >= 11 is 11.6. The molecule has 0 unspecified atom stereocenters. The molecule has 0 saturated carbocycles. The molecule has 1 rings (SSSR count). The van der Waals surface area contributed by atoms with Crippen molar-refractivity contribution in [1.82, 2.24) is 10.7 Å². The van der Waals surface area contributed by atoms with Gasteiger partial charge >= 0.3 is 0 Å². The van der Waals surface area contributed by atoms with Gasteiger partial charge in [-0.15, -0.1) is 0 Å². The van der Waals surface area contributed by atoms with Crippen LogP contribution in [0, 0.1) is 15.5 Å². The fraction of sp³-hybridized carbons (Fsp3) is 0.125. The molecule has 86 valence electrons. The normalized spacial score (nSPS) is 9.62. The average molecular weight is 263 g/mol. The highest BCUT2D eigenvalue weighted by Gasteiger charge is 2.04. The first-order valence-corrected chi connectivity index (χ1v) is 4.92. The van der Waals surface area contributed by atoms with Crippen molar-refractivity contribution in [1.29, 1.82) is 5.41 Å². The van der Waals surface area contributed by atoms with Crippen molar-refractivity contribution in [3.63, 3.8) is 0 Å². The molecule has 0 amide bonds. The van der Waals surface area contributed by atoms with Crippen LogP contribution in [-0.4, -0.2) is 11.0 Å². The van der Waals surface area contributed by atoms with Crippen LogP contribution in [0.3, 0.4) is 0 Å². The summed E-state index contributed by atoms with van der Waals surface area (Å²) < 4.78 is 0. The van der Waals surface area contributed by atoms with E-state index in [4.69, 9.17) is 28.6 Å². The van der Waals surface area contributed by atoms with E-state index < -0.39 is 11.0 Å². The van der Waals surface area contributed by atoms with E-state index in [0.29, 0.717) is 15.6 Å². The van der Waals surface area contributed by atoms with E-state index in [-0.39, 0.29) is 6.54 Å². The molecule has 0 heterocycles. The van der Waals surface area contributed by atoms with Crippen LogP contribution < -0.4 is 10.7 Å². The van der Waals surface area contributed by atoms with Gasteiger partial charge in [0.2, 0.25) is 0 Å². The van der Waals surface area contributed by atoms with Crippen LogP contribution >= 0.6 is 23.2 Å². The fourth-order valence-electron chi connectivity index (χ4n) is 0.979. The SMILES string of the molecule is N=C(NCc1ccc(Cl)cc1Cl)N[N+](=O)[O-]. The van der Waals surface area contributed by atoms with Gasteiger partial charge in [0, 0.05) is 16.6 Å². The first kappa shape index (κ1) is 12.5. The maximum atomic E-state index is 10.0. The number of halogens is 2. The Morgan fingerprint density at radius 3 is 2.75 bits per heavy atom. The minimum absolute atomic E-state index is 0.204. The Morgan fingerprint density at radius 1 is 1.50 bits per heavy atom. The number of hydrazine groups is 1. The third kappa shape index (κ3) is 3.92. The molecule has 6 nitrogen and oxygen atoms in total. The van der Waals surface area contributed by atoms with Crippen molar-refractivity contribution in [3.05, 3.63) is 43.9 Å². The van der Waals surface area contributed by atoms with Crippen molar-refractivity contribution in [2.24, 2.45) is 0 Å².